The monoisotopic (exact) mass is 409 g/mol. The second-order valence-corrected chi connectivity index (χ2v) is 7.07. The van der Waals surface area contributed by atoms with Crippen molar-refractivity contribution >= 4 is 23.7 Å². The summed E-state index contributed by atoms with van der Waals surface area (Å²) in [6.07, 6.45) is -2.38. The third-order valence-electron chi connectivity index (χ3n) is 4.65. The van der Waals surface area contributed by atoms with Gasteiger partial charge >= 0.3 is 17.4 Å². The van der Waals surface area contributed by atoms with Gasteiger partial charge in [0.15, 0.2) is 0 Å². The number of fused-ring (bicyclic) bond motifs is 3. The van der Waals surface area contributed by atoms with Crippen molar-refractivity contribution in [3.8, 4) is 11.1 Å². The Morgan fingerprint density at radius 3 is 2.14 bits per heavy atom. The van der Waals surface area contributed by atoms with E-state index in [1.54, 1.807) is 0 Å². The topological polar surface area (TPSA) is 75.6 Å². The highest BCUT2D eigenvalue weighted by molar-refractivity contribution is 6.21. The molecule has 1 atom stereocenters. The molecule has 8 heteroatoms. The standard InChI is InChI=1S/C20H18ClF2NO4/c21-20(22,23)10-9-17(18(25)26)24-19(27)28-11-16-14-7-3-1-5-12(14)13-6-2-4-8-15(13)16/h1-8,16-17H,9-11H2,(H,24,27)(H,25,26). The van der Waals surface area contributed by atoms with Crippen molar-refractivity contribution < 1.29 is 28.2 Å². The van der Waals surface area contributed by atoms with Crippen LogP contribution in [0.4, 0.5) is 13.6 Å². The van der Waals surface area contributed by atoms with Gasteiger partial charge in [-0.3, -0.25) is 0 Å². The van der Waals surface area contributed by atoms with E-state index in [4.69, 9.17) is 21.4 Å². The van der Waals surface area contributed by atoms with Gasteiger partial charge in [0.1, 0.15) is 12.6 Å². The predicted octanol–water partition coefficient (Wildman–Crippen LogP) is 4.59. The molecule has 3 rings (SSSR count). The Bertz CT molecular complexity index is 839. The molecule has 0 aliphatic heterocycles. The molecule has 0 aromatic heterocycles. The Kier molecular flexibility index (Phi) is 5.84. The number of hydrogen-bond donors (Lipinski definition) is 2. The van der Waals surface area contributed by atoms with Crippen LogP contribution in [0.15, 0.2) is 48.5 Å². The molecule has 1 amide bonds. The number of alkyl halides is 3. The lowest BCUT2D eigenvalue weighted by Crippen LogP contribution is -2.42. The van der Waals surface area contributed by atoms with Crippen LogP contribution in [0.25, 0.3) is 11.1 Å². The molecular formula is C20H18ClF2NO4. The fourth-order valence-corrected chi connectivity index (χ4v) is 3.46. The number of nitrogens with one attached hydrogen (secondary N) is 1. The van der Waals surface area contributed by atoms with Crippen LogP contribution in [0.5, 0.6) is 0 Å². The first-order valence-electron chi connectivity index (χ1n) is 8.67. The summed E-state index contributed by atoms with van der Waals surface area (Å²) in [5, 5.41) is 7.68. The van der Waals surface area contributed by atoms with Crippen LogP contribution in [0.3, 0.4) is 0 Å². The van der Waals surface area contributed by atoms with E-state index in [-0.39, 0.29) is 12.5 Å². The van der Waals surface area contributed by atoms with Gasteiger partial charge in [0.25, 0.3) is 0 Å². The number of carboxylic acids is 1. The number of carbonyl (C=O) groups is 2. The number of aliphatic carboxylic acids is 1. The lowest BCUT2D eigenvalue weighted by molar-refractivity contribution is -0.139. The Hall–Kier alpha value is -2.67. The molecule has 0 heterocycles. The summed E-state index contributed by atoms with van der Waals surface area (Å²) in [6, 6.07) is 14.0. The van der Waals surface area contributed by atoms with E-state index < -0.39 is 36.3 Å². The molecule has 148 valence electrons. The highest BCUT2D eigenvalue weighted by Crippen LogP contribution is 2.44. The second-order valence-electron chi connectivity index (χ2n) is 6.51. The number of benzene rings is 2. The maximum Gasteiger partial charge on any atom is 0.407 e. The molecule has 2 aromatic rings. The van der Waals surface area contributed by atoms with Gasteiger partial charge in [-0.05, 0) is 40.3 Å². The van der Waals surface area contributed by atoms with E-state index in [2.05, 4.69) is 5.32 Å². The number of amides is 1. The van der Waals surface area contributed by atoms with Gasteiger partial charge in [-0.2, -0.15) is 8.78 Å². The summed E-state index contributed by atoms with van der Waals surface area (Å²) in [7, 11) is 0. The Labute approximate surface area is 165 Å². The van der Waals surface area contributed by atoms with Crippen molar-refractivity contribution in [2.24, 2.45) is 0 Å². The Morgan fingerprint density at radius 1 is 1.11 bits per heavy atom. The molecule has 5 nitrogen and oxygen atoms in total. The molecule has 0 fully saturated rings. The summed E-state index contributed by atoms with van der Waals surface area (Å²) in [4.78, 5) is 23.2. The van der Waals surface area contributed by atoms with Gasteiger partial charge in [0.05, 0.1) is 0 Å². The highest BCUT2D eigenvalue weighted by atomic mass is 35.5. The highest BCUT2D eigenvalue weighted by Gasteiger charge is 2.31. The lowest BCUT2D eigenvalue weighted by Gasteiger charge is -2.18. The molecule has 2 aromatic carbocycles. The summed E-state index contributed by atoms with van der Waals surface area (Å²) in [6.45, 7) is -0.00212. The zero-order chi connectivity index (χ0) is 20.3. The van der Waals surface area contributed by atoms with Crippen molar-refractivity contribution in [2.75, 3.05) is 6.61 Å². The van der Waals surface area contributed by atoms with Gasteiger partial charge in [-0.25, -0.2) is 9.59 Å². The minimum atomic E-state index is -3.53. The maximum atomic E-state index is 12.7. The fourth-order valence-electron chi connectivity index (χ4n) is 3.35. The van der Waals surface area contributed by atoms with Crippen molar-refractivity contribution in [2.45, 2.75) is 30.2 Å². The predicted molar refractivity (Wildman–Crippen MR) is 99.7 cm³/mol. The third kappa shape index (κ3) is 4.59. The normalized spacial score (nSPS) is 14.1. The average molecular weight is 410 g/mol. The first-order chi connectivity index (χ1) is 13.3. The van der Waals surface area contributed by atoms with E-state index in [0.717, 1.165) is 22.3 Å². The third-order valence-corrected chi connectivity index (χ3v) is 4.84. The van der Waals surface area contributed by atoms with Crippen LogP contribution in [-0.4, -0.2) is 35.2 Å². The van der Waals surface area contributed by atoms with Gasteiger partial charge in [0, 0.05) is 12.3 Å². The number of carboxylic acid groups (broad SMARTS) is 1. The number of rotatable bonds is 7. The zero-order valence-corrected chi connectivity index (χ0v) is 15.5. The largest absolute Gasteiger partial charge is 0.480 e. The minimum absolute atomic E-state index is 0.00212. The van der Waals surface area contributed by atoms with Gasteiger partial charge in [-0.1, -0.05) is 48.5 Å². The van der Waals surface area contributed by atoms with Crippen molar-refractivity contribution in [1.29, 1.82) is 0 Å². The zero-order valence-electron chi connectivity index (χ0n) is 14.7. The summed E-state index contributed by atoms with van der Waals surface area (Å²) < 4.78 is 30.7. The fraction of sp³-hybridized carbons (Fsp3) is 0.300. The van der Waals surface area contributed by atoms with Crippen LogP contribution in [0.1, 0.15) is 29.9 Å². The number of hydrogen-bond acceptors (Lipinski definition) is 3. The van der Waals surface area contributed by atoms with Crippen LogP contribution in [0.2, 0.25) is 0 Å². The quantitative estimate of drug-likeness (QED) is 0.656. The van der Waals surface area contributed by atoms with E-state index in [9.17, 15) is 18.4 Å². The lowest BCUT2D eigenvalue weighted by atomic mass is 9.98. The smallest absolute Gasteiger partial charge is 0.407 e. The van der Waals surface area contributed by atoms with E-state index in [1.807, 2.05) is 48.5 Å². The van der Waals surface area contributed by atoms with Crippen LogP contribution in [-0.2, 0) is 9.53 Å². The molecule has 0 spiro atoms. The van der Waals surface area contributed by atoms with Crippen LogP contribution in [0, 0.1) is 0 Å². The molecule has 0 saturated heterocycles. The van der Waals surface area contributed by atoms with E-state index in [0.29, 0.717) is 0 Å². The van der Waals surface area contributed by atoms with Gasteiger partial charge in [0.2, 0.25) is 0 Å². The van der Waals surface area contributed by atoms with Crippen molar-refractivity contribution in [3.05, 3.63) is 59.7 Å². The number of alkyl carbamates (subject to hydrolysis) is 1. The molecule has 1 unspecified atom stereocenters. The SMILES string of the molecule is O=C(NC(CCC(F)(F)Cl)C(=O)O)OCC1c2ccccc2-c2ccccc21. The minimum Gasteiger partial charge on any atom is -0.480 e. The first kappa shape index (κ1) is 20.1. The van der Waals surface area contributed by atoms with Crippen LogP contribution >= 0.6 is 11.6 Å². The van der Waals surface area contributed by atoms with Gasteiger partial charge < -0.3 is 15.2 Å². The molecule has 0 saturated carbocycles. The van der Waals surface area contributed by atoms with E-state index >= 15 is 0 Å². The molecule has 1 aliphatic rings. The Balaban J connectivity index is 1.65. The number of halogens is 3. The molecule has 0 radical (unpaired) electrons. The summed E-state index contributed by atoms with van der Waals surface area (Å²) in [5.74, 6) is -1.62. The average Bonchev–Trinajstić information content (AvgIpc) is 2.96. The molecular weight excluding hydrogens is 392 g/mol. The van der Waals surface area contributed by atoms with Crippen molar-refractivity contribution in [3.63, 3.8) is 0 Å². The van der Waals surface area contributed by atoms with Crippen molar-refractivity contribution in [1.82, 2.24) is 5.32 Å². The van der Waals surface area contributed by atoms with Gasteiger partial charge in [-0.15, -0.1) is 0 Å². The van der Waals surface area contributed by atoms with Crippen LogP contribution < -0.4 is 5.32 Å². The molecule has 2 N–H and O–H groups in total. The Morgan fingerprint density at radius 2 is 1.64 bits per heavy atom. The summed E-state index contributed by atoms with van der Waals surface area (Å²) in [5.41, 5.74) is 4.13. The molecule has 28 heavy (non-hydrogen) atoms. The molecule has 1 aliphatic carbocycles. The first-order valence-corrected chi connectivity index (χ1v) is 9.05. The number of carbonyl (C=O) groups excluding carboxylic acids is 1. The molecule has 0 bridgehead atoms. The number of ether oxygens (including phenoxy) is 1. The summed E-state index contributed by atoms with van der Waals surface area (Å²) >= 11 is 4.79. The maximum absolute atomic E-state index is 12.7. The van der Waals surface area contributed by atoms with E-state index in [1.165, 1.54) is 0 Å². The second kappa shape index (κ2) is 8.14.